The van der Waals surface area contributed by atoms with Crippen LogP contribution in [0.4, 0.5) is 5.69 Å². The molecule has 0 saturated heterocycles. The van der Waals surface area contributed by atoms with Gasteiger partial charge in [0.25, 0.3) is 5.91 Å². The Bertz CT molecular complexity index is 1210. The molecular formula is C20H19Br2N7O. The highest BCUT2D eigenvalue weighted by atomic mass is 79.9. The summed E-state index contributed by atoms with van der Waals surface area (Å²) >= 11 is 6.91. The van der Waals surface area contributed by atoms with Crippen molar-refractivity contribution in [3.8, 4) is 0 Å². The molecule has 154 valence electrons. The number of nitrogens with zero attached hydrogens (tertiary/aromatic N) is 6. The molecule has 0 unspecified atom stereocenters. The monoisotopic (exact) mass is 531 g/mol. The molecule has 0 radical (unpaired) electrons. The lowest BCUT2D eigenvalue weighted by Gasteiger charge is -2.08. The largest absolute Gasteiger partial charge is 0.321 e. The SMILES string of the molecule is Cc1nn(Cc2cccc(NC(=O)c3ccn(Cn4cc(Br)cn4)n3)c2)c(C)c1Br. The predicted octanol–water partition coefficient (Wildman–Crippen LogP) is 4.22. The van der Waals surface area contributed by atoms with Gasteiger partial charge in [0.15, 0.2) is 5.69 Å². The zero-order valence-electron chi connectivity index (χ0n) is 16.4. The minimum Gasteiger partial charge on any atom is -0.321 e. The number of carbonyl (C=O) groups excluding carboxylic acids is 1. The second kappa shape index (κ2) is 8.57. The minimum absolute atomic E-state index is 0.263. The highest BCUT2D eigenvalue weighted by Gasteiger charge is 2.12. The molecule has 0 spiro atoms. The third-order valence-electron chi connectivity index (χ3n) is 4.58. The summed E-state index contributed by atoms with van der Waals surface area (Å²) in [4.78, 5) is 12.6. The first kappa shape index (κ1) is 20.5. The Kier molecular flexibility index (Phi) is 5.87. The summed E-state index contributed by atoms with van der Waals surface area (Å²) in [5.74, 6) is -0.263. The van der Waals surface area contributed by atoms with Crippen LogP contribution >= 0.6 is 31.9 Å². The first-order chi connectivity index (χ1) is 14.4. The van der Waals surface area contributed by atoms with Gasteiger partial charge in [-0.25, -0.2) is 4.68 Å². The summed E-state index contributed by atoms with van der Waals surface area (Å²) in [6, 6.07) is 9.42. The van der Waals surface area contributed by atoms with Gasteiger partial charge >= 0.3 is 0 Å². The Morgan fingerprint density at radius 3 is 2.67 bits per heavy atom. The second-order valence-corrected chi connectivity index (χ2v) is 8.59. The van der Waals surface area contributed by atoms with Gasteiger partial charge in [-0.15, -0.1) is 0 Å². The third-order valence-corrected chi connectivity index (χ3v) is 6.13. The summed E-state index contributed by atoms with van der Waals surface area (Å²) in [6.07, 6.45) is 5.30. The Labute approximate surface area is 190 Å². The van der Waals surface area contributed by atoms with Crippen LogP contribution in [0.15, 0.2) is 57.9 Å². The fraction of sp³-hybridized carbons (Fsp3) is 0.200. The Morgan fingerprint density at radius 1 is 1.13 bits per heavy atom. The minimum atomic E-state index is -0.263. The van der Waals surface area contributed by atoms with Crippen LogP contribution in [-0.2, 0) is 13.2 Å². The standard InChI is InChI=1S/C20H19Br2N7O/c1-13-19(22)14(2)29(25-13)10-15-4-3-5-17(8-15)24-20(30)18-6-7-27(26-18)12-28-11-16(21)9-23-28/h3-9,11H,10,12H2,1-2H3,(H,24,30). The quantitative estimate of drug-likeness (QED) is 0.403. The highest BCUT2D eigenvalue weighted by molar-refractivity contribution is 9.10. The number of hydrogen-bond acceptors (Lipinski definition) is 4. The van der Waals surface area contributed by atoms with E-state index in [2.05, 4.69) is 52.5 Å². The zero-order valence-corrected chi connectivity index (χ0v) is 19.6. The molecule has 0 bridgehead atoms. The number of aromatic nitrogens is 6. The van der Waals surface area contributed by atoms with Crippen molar-refractivity contribution in [2.45, 2.75) is 27.1 Å². The number of aryl methyl sites for hydroxylation is 1. The van der Waals surface area contributed by atoms with Gasteiger partial charge in [-0.3, -0.25) is 14.2 Å². The van der Waals surface area contributed by atoms with E-state index in [4.69, 9.17) is 0 Å². The van der Waals surface area contributed by atoms with Gasteiger partial charge < -0.3 is 5.32 Å². The van der Waals surface area contributed by atoms with Crippen molar-refractivity contribution >= 4 is 43.5 Å². The van der Waals surface area contributed by atoms with Crippen molar-refractivity contribution in [1.82, 2.24) is 29.3 Å². The Morgan fingerprint density at radius 2 is 1.97 bits per heavy atom. The molecule has 8 nitrogen and oxygen atoms in total. The van der Waals surface area contributed by atoms with Crippen LogP contribution in [0.1, 0.15) is 27.4 Å². The number of nitrogens with one attached hydrogen (secondary N) is 1. The molecule has 0 aliphatic rings. The van der Waals surface area contributed by atoms with Gasteiger partial charge in [0, 0.05) is 18.1 Å². The van der Waals surface area contributed by atoms with Crippen LogP contribution in [0.3, 0.4) is 0 Å². The highest BCUT2D eigenvalue weighted by Crippen LogP contribution is 2.21. The summed E-state index contributed by atoms with van der Waals surface area (Å²) in [5.41, 5.74) is 4.12. The molecular weight excluding hydrogens is 514 g/mol. The number of anilines is 1. The normalized spacial score (nSPS) is 11.1. The summed E-state index contributed by atoms with van der Waals surface area (Å²) < 4.78 is 7.23. The molecule has 0 fully saturated rings. The van der Waals surface area contributed by atoms with E-state index >= 15 is 0 Å². The molecule has 0 aliphatic heterocycles. The average Bonchev–Trinajstić information content (AvgIpc) is 3.40. The molecule has 0 atom stereocenters. The maximum absolute atomic E-state index is 12.6. The molecule has 4 aromatic rings. The Hall–Kier alpha value is -2.72. The molecule has 0 saturated carbocycles. The van der Waals surface area contributed by atoms with Crippen LogP contribution in [0.2, 0.25) is 0 Å². The predicted molar refractivity (Wildman–Crippen MR) is 120 cm³/mol. The van der Waals surface area contributed by atoms with E-state index in [1.54, 1.807) is 27.8 Å². The number of hydrogen-bond donors (Lipinski definition) is 1. The number of amides is 1. The number of carbonyl (C=O) groups is 1. The van der Waals surface area contributed by atoms with Crippen molar-refractivity contribution in [3.05, 3.63) is 80.5 Å². The van der Waals surface area contributed by atoms with Gasteiger partial charge in [-0.05, 0) is 69.5 Å². The van der Waals surface area contributed by atoms with E-state index in [0.717, 1.165) is 25.9 Å². The van der Waals surface area contributed by atoms with Crippen LogP contribution in [0.5, 0.6) is 0 Å². The van der Waals surface area contributed by atoms with Gasteiger partial charge in [-0.1, -0.05) is 12.1 Å². The van der Waals surface area contributed by atoms with E-state index in [1.165, 1.54) is 0 Å². The molecule has 1 amide bonds. The molecule has 0 aliphatic carbocycles. The lowest BCUT2D eigenvalue weighted by atomic mass is 10.2. The lowest BCUT2D eigenvalue weighted by Crippen LogP contribution is -2.15. The molecule has 10 heteroatoms. The van der Waals surface area contributed by atoms with Crippen molar-refractivity contribution < 1.29 is 4.79 Å². The number of rotatable bonds is 6. The maximum atomic E-state index is 12.6. The fourth-order valence-corrected chi connectivity index (χ4v) is 3.68. The van der Waals surface area contributed by atoms with Crippen LogP contribution in [-0.4, -0.2) is 35.2 Å². The van der Waals surface area contributed by atoms with Gasteiger partial charge in [0.1, 0.15) is 6.67 Å². The molecule has 3 heterocycles. The summed E-state index contributed by atoms with van der Waals surface area (Å²) in [6.45, 7) is 5.03. The van der Waals surface area contributed by atoms with Gasteiger partial charge in [0.2, 0.25) is 0 Å². The topological polar surface area (TPSA) is 82.6 Å². The average molecular weight is 533 g/mol. The number of benzene rings is 1. The molecule has 3 aromatic heterocycles. The Balaban J connectivity index is 1.43. The van der Waals surface area contributed by atoms with E-state index in [-0.39, 0.29) is 5.91 Å². The number of halogens is 2. The van der Waals surface area contributed by atoms with Crippen molar-refractivity contribution in [2.24, 2.45) is 0 Å². The zero-order chi connectivity index (χ0) is 21.3. The fourth-order valence-electron chi connectivity index (χ4n) is 3.07. The van der Waals surface area contributed by atoms with Crippen LogP contribution in [0, 0.1) is 13.8 Å². The summed E-state index contributed by atoms with van der Waals surface area (Å²) in [5, 5.41) is 16.0. The second-order valence-electron chi connectivity index (χ2n) is 6.88. The molecule has 1 aromatic carbocycles. The van der Waals surface area contributed by atoms with E-state index in [0.29, 0.717) is 24.6 Å². The van der Waals surface area contributed by atoms with Crippen molar-refractivity contribution in [2.75, 3.05) is 5.32 Å². The smallest absolute Gasteiger partial charge is 0.276 e. The maximum Gasteiger partial charge on any atom is 0.276 e. The van der Waals surface area contributed by atoms with E-state index in [9.17, 15) is 4.79 Å². The lowest BCUT2D eigenvalue weighted by molar-refractivity contribution is 0.102. The van der Waals surface area contributed by atoms with Crippen LogP contribution in [0.25, 0.3) is 0 Å². The third kappa shape index (κ3) is 4.54. The molecule has 1 N–H and O–H groups in total. The van der Waals surface area contributed by atoms with Crippen LogP contribution < -0.4 is 5.32 Å². The first-order valence-corrected chi connectivity index (χ1v) is 10.8. The summed E-state index contributed by atoms with van der Waals surface area (Å²) in [7, 11) is 0. The van der Waals surface area contributed by atoms with Gasteiger partial charge in [0.05, 0.1) is 33.1 Å². The molecule has 30 heavy (non-hydrogen) atoms. The van der Waals surface area contributed by atoms with Gasteiger partial charge in [-0.2, -0.15) is 15.3 Å². The van der Waals surface area contributed by atoms with E-state index in [1.807, 2.05) is 49.0 Å². The molecule has 4 rings (SSSR count). The van der Waals surface area contributed by atoms with E-state index < -0.39 is 0 Å². The first-order valence-electron chi connectivity index (χ1n) is 9.20. The van der Waals surface area contributed by atoms with Crippen molar-refractivity contribution in [3.63, 3.8) is 0 Å². The van der Waals surface area contributed by atoms with Crippen molar-refractivity contribution in [1.29, 1.82) is 0 Å².